The Hall–Kier alpha value is -0.900. The molecule has 0 aliphatic rings. The van der Waals surface area contributed by atoms with Crippen LogP contribution in [0, 0.1) is 5.92 Å². The van der Waals surface area contributed by atoms with Crippen LogP contribution >= 0.6 is 0 Å². The third-order valence-electron chi connectivity index (χ3n) is 2.92. The zero-order valence-corrected chi connectivity index (χ0v) is 10.6. The Morgan fingerprint density at radius 3 is 2.75 bits per heavy atom. The first-order chi connectivity index (χ1) is 7.69. The highest BCUT2D eigenvalue weighted by atomic mass is 16.3. The van der Waals surface area contributed by atoms with Crippen molar-refractivity contribution in [1.82, 2.24) is 14.8 Å². The fraction of sp³-hybridized carbons (Fsp3) is 0.833. The van der Waals surface area contributed by atoms with Gasteiger partial charge in [-0.25, -0.2) is 4.98 Å². The van der Waals surface area contributed by atoms with E-state index in [1.54, 1.807) is 6.33 Å². The maximum atomic E-state index is 10.0. The minimum Gasteiger partial charge on any atom is -0.392 e. The molecule has 0 aromatic carbocycles. The van der Waals surface area contributed by atoms with Crippen molar-refractivity contribution in [1.29, 1.82) is 0 Å². The Morgan fingerprint density at radius 2 is 2.12 bits per heavy atom. The molecule has 92 valence electrons. The third-order valence-corrected chi connectivity index (χ3v) is 2.92. The molecule has 0 spiro atoms. The predicted molar refractivity (Wildman–Crippen MR) is 64.1 cm³/mol. The molecule has 4 nitrogen and oxygen atoms in total. The van der Waals surface area contributed by atoms with Gasteiger partial charge in [0.15, 0.2) is 0 Å². The summed E-state index contributed by atoms with van der Waals surface area (Å²) in [5.74, 6) is 1.23. The summed E-state index contributed by atoms with van der Waals surface area (Å²) in [4.78, 5) is 4.21. The van der Waals surface area contributed by atoms with Gasteiger partial charge in [0.1, 0.15) is 12.2 Å². The maximum absolute atomic E-state index is 10.0. The van der Waals surface area contributed by atoms with Crippen molar-refractivity contribution >= 4 is 0 Å². The monoisotopic (exact) mass is 225 g/mol. The van der Waals surface area contributed by atoms with Crippen LogP contribution in [-0.2, 0) is 13.0 Å². The highest BCUT2D eigenvalue weighted by Crippen LogP contribution is 2.14. The maximum Gasteiger partial charge on any atom is 0.138 e. The molecule has 0 fully saturated rings. The summed E-state index contributed by atoms with van der Waals surface area (Å²) in [5, 5.41) is 14.2. The second kappa shape index (κ2) is 6.63. The summed E-state index contributed by atoms with van der Waals surface area (Å²) in [6.45, 7) is 7.23. The average molecular weight is 225 g/mol. The summed E-state index contributed by atoms with van der Waals surface area (Å²) in [7, 11) is 0. The summed E-state index contributed by atoms with van der Waals surface area (Å²) < 4.78 is 1.89. The molecule has 16 heavy (non-hydrogen) atoms. The van der Waals surface area contributed by atoms with Gasteiger partial charge in [0.05, 0.1) is 6.10 Å². The Morgan fingerprint density at radius 1 is 1.38 bits per heavy atom. The number of aliphatic hydroxyl groups is 1. The molecule has 1 N–H and O–H groups in total. The molecule has 2 atom stereocenters. The fourth-order valence-electron chi connectivity index (χ4n) is 1.88. The number of aryl methyl sites for hydroxylation is 1. The highest BCUT2D eigenvalue weighted by Gasteiger charge is 2.16. The fourth-order valence-corrected chi connectivity index (χ4v) is 1.88. The predicted octanol–water partition coefficient (Wildman–Crippen LogP) is 2.03. The molecule has 0 aliphatic carbocycles. The van der Waals surface area contributed by atoms with Crippen LogP contribution in [-0.4, -0.2) is 26.0 Å². The molecule has 1 heterocycles. The smallest absolute Gasteiger partial charge is 0.138 e. The van der Waals surface area contributed by atoms with E-state index in [0.717, 1.165) is 31.6 Å². The van der Waals surface area contributed by atoms with Gasteiger partial charge < -0.3 is 5.11 Å². The van der Waals surface area contributed by atoms with Crippen LogP contribution in [0.3, 0.4) is 0 Å². The van der Waals surface area contributed by atoms with E-state index >= 15 is 0 Å². The van der Waals surface area contributed by atoms with Crippen molar-refractivity contribution in [2.75, 3.05) is 0 Å². The van der Waals surface area contributed by atoms with Crippen molar-refractivity contribution in [2.24, 2.45) is 5.92 Å². The van der Waals surface area contributed by atoms with E-state index in [0.29, 0.717) is 12.3 Å². The van der Waals surface area contributed by atoms with E-state index in [-0.39, 0.29) is 6.10 Å². The van der Waals surface area contributed by atoms with Gasteiger partial charge in [-0.05, 0) is 18.8 Å². The van der Waals surface area contributed by atoms with E-state index in [2.05, 4.69) is 30.9 Å². The molecule has 0 saturated carbocycles. The van der Waals surface area contributed by atoms with Gasteiger partial charge in [-0.15, -0.1) is 0 Å². The number of hydrogen-bond acceptors (Lipinski definition) is 3. The summed E-state index contributed by atoms with van der Waals surface area (Å²) in [6.07, 6.45) is 5.09. The molecule has 1 aromatic heterocycles. The highest BCUT2D eigenvalue weighted by molar-refractivity contribution is 4.88. The third kappa shape index (κ3) is 3.59. The molecular weight excluding hydrogens is 202 g/mol. The first-order valence-electron chi connectivity index (χ1n) is 6.23. The molecule has 0 aliphatic heterocycles. The van der Waals surface area contributed by atoms with Gasteiger partial charge in [-0.2, -0.15) is 5.10 Å². The molecule has 4 heteroatoms. The number of nitrogens with zero attached hydrogens (tertiary/aromatic N) is 3. The number of aliphatic hydroxyl groups excluding tert-OH is 1. The first-order valence-corrected chi connectivity index (χ1v) is 6.23. The first kappa shape index (κ1) is 13.2. The van der Waals surface area contributed by atoms with Crippen LogP contribution < -0.4 is 0 Å². The second-order valence-corrected chi connectivity index (χ2v) is 4.44. The standard InChI is InChI=1S/C12H23N3O/c1-4-6-10(3)11(16)8-12-13-9-14-15(12)7-5-2/h9-11,16H,4-8H2,1-3H3. The van der Waals surface area contributed by atoms with Crippen molar-refractivity contribution in [3.63, 3.8) is 0 Å². The molecule has 0 amide bonds. The number of hydrogen-bond donors (Lipinski definition) is 1. The van der Waals surface area contributed by atoms with Gasteiger partial charge in [0.2, 0.25) is 0 Å². The van der Waals surface area contributed by atoms with Gasteiger partial charge >= 0.3 is 0 Å². The topological polar surface area (TPSA) is 50.9 Å². The van der Waals surface area contributed by atoms with Crippen LogP contribution in [0.4, 0.5) is 0 Å². The SMILES string of the molecule is CCCC(C)C(O)Cc1ncnn1CCC. The second-order valence-electron chi connectivity index (χ2n) is 4.44. The summed E-state index contributed by atoms with van der Waals surface area (Å²) in [6, 6.07) is 0. The minimum atomic E-state index is -0.306. The Balaban J connectivity index is 2.54. The van der Waals surface area contributed by atoms with Crippen LogP contribution in [0.2, 0.25) is 0 Å². The zero-order valence-electron chi connectivity index (χ0n) is 10.6. The van der Waals surface area contributed by atoms with Crippen molar-refractivity contribution in [3.05, 3.63) is 12.2 Å². The van der Waals surface area contributed by atoms with Crippen LogP contribution in [0.25, 0.3) is 0 Å². The van der Waals surface area contributed by atoms with Crippen LogP contribution in [0.15, 0.2) is 6.33 Å². The Labute approximate surface area is 97.7 Å². The van der Waals surface area contributed by atoms with Crippen LogP contribution in [0.1, 0.15) is 45.9 Å². The molecule has 2 unspecified atom stereocenters. The molecule has 0 bridgehead atoms. The normalized spacial score (nSPS) is 15.0. The van der Waals surface area contributed by atoms with Gasteiger partial charge in [0.25, 0.3) is 0 Å². The quantitative estimate of drug-likeness (QED) is 0.772. The van der Waals surface area contributed by atoms with E-state index in [9.17, 15) is 5.11 Å². The van der Waals surface area contributed by atoms with E-state index in [4.69, 9.17) is 0 Å². The number of rotatable bonds is 7. The van der Waals surface area contributed by atoms with Crippen molar-refractivity contribution in [2.45, 2.75) is 59.1 Å². The number of aromatic nitrogens is 3. The lowest BCUT2D eigenvalue weighted by Gasteiger charge is -2.17. The van der Waals surface area contributed by atoms with Gasteiger partial charge in [-0.1, -0.05) is 27.2 Å². The summed E-state index contributed by atoms with van der Waals surface area (Å²) in [5.41, 5.74) is 0. The van der Waals surface area contributed by atoms with E-state index in [1.165, 1.54) is 0 Å². The lowest BCUT2D eigenvalue weighted by Crippen LogP contribution is -2.22. The van der Waals surface area contributed by atoms with Crippen LogP contribution in [0.5, 0.6) is 0 Å². The molecular formula is C12H23N3O. The average Bonchev–Trinajstić information content (AvgIpc) is 2.67. The van der Waals surface area contributed by atoms with Gasteiger partial charge in [0, 0.05) is 13.0 Å². The van der Waals surface area contributed by atoms with Gasteiger partial charge in [-0.3, -0.25) is 4.68 Å². The minimum absolute atomic E-state index is 0.306. The molecule has 0 saturated heterocycles. The van der Waals surface area contributed by atoms with E-state index < -0.39 is 0 Å². The molecule has 0 radical (unpaired) electrons. The zero-order chi connectivity index (χ0) is 12.0. The Bertz CT molecular complexity index is 298. The summed E-state index contributed by atoms with van der Waals surface area (Å²) >= 11 is 0. The lowest BCUT2D eigenvalue weighted by molar-refractivity contribution is 0.108. The molecule has 1 rings (SSSR count). The van der Waals surface area contributed by atoms with Crippen molar-refractivity contribution in [3.8, 4) is 0 Å². The molecule has 1 aromatic rings. The van der Waals surface area contributed by atoms with E-state index in [1.807, 2.05) is 4.68 Å². The Kier molecular flexibility index (Phi) is 5.46. The van der Waals surface area contributed by atoms with Crippen molar-refractivity contribution < 1.29 is 5.11 Å². The lowest BCUT2D eigenvalue weighted by atomic mass is 9.97. The largest absolute Gasteiger partial charge is 0.392 e.